The van der Waals surface area contributed by atoms with Crippen molar-refractivity contribution in [1.29, 1.82) is 0 Å². The maximum Gasteiger partial charge on any atom is 0.416 e. The summed E-state index contributed by atoms with van der Waals surface area (Å²) in [6.45, 7) is 0. The van der Waals surface area contributed by atoms with Gasteiger partial charge in [0.2, 0.25) is 0 Å². The number of likely N-dealkylation sites (N-methyl/N-ethyl adjacent to an activating group) is 1. The van der Waals surface area contributed by atoms with Crippen molar-refractivity contribution >= 4 is 15.9 Å². The predicted octanol–water partition coefficient (Wildman–Crippen LogP) is 4.97. The number of benzene rings is 2. The molecule has 2 aromatic rings. The molecule has 0 heterocycles. The topological polar surface area (TPSA) is 12.0 Å². The Labute approximate surface area is 130 Å². The molecule has 1 N–H and O–H groups in total. The summed E-state index contributed by atoms with van der Waals surface area (Å²) >= 11 is 3.37. The second kappa shape index (κ2) is 6.62. The molecule has 0 bridgehead atoms. The van der Waals surface area contributed by atoms with Gasteiger partial charge >= 0.3 is 6.18 Å². The first-order valence-electron chi connectivity index (χ1n) is 6.49. The fourth-order valence-electron chi connectivity index (χ4n) is 2.19. The molecular formula is C16H15BrF3N. The fraction of sp³-hybridized carbons (Fsp3) is 0.250. The molecule has 1 nitrogen and oxygen atoms in total. The van der Waals surface area contributed by atoms with E-state index in [2.05, 4.69) is 21.2 Å². The maximum atomic E-state index is 12.7. The molecule has 0 aliphatic rings. The van der Waals surface area contributed by atoms with Crippen molar-refractivity contribution < 1.29 is 13.2 Å². The Morgan fingerprint density at radius 1 is 1.10 bits per heavy atom. The molecule has 5 heteroatoms. The van der Waals surface area contributed by atoms with Gasteiger partial charge in [0.05, 0.1) is 5.56 Å². The van der Waals surface area contributed by atoms with E-state index in [-0.39, 0.29) is 6.04 Å². The normalized spacial score (nSPS) is 13.2. The van der Waals surface area contributed by atoms with Crippen molar-refractivity contribution in [1.82, 2.24) is 5.32 Å². The number of nitrogens with one attached hydrogen (secondary N) is 1. The van der Waals surface area contributed by atoms with Gasteiger partial charge in [0.15, 0.2) is 0 Å². The maximum absolute atomic E-state index is 12.7. The summed E-state index contributed by atoms with van der Waals surface area (Å²) in [5.74, 6) is 0. The van der Waals surface area contributed by atoms with E-state index in [1.807, 2.05) is 24.3 Å². The molecule has 2 aromatic carbocycles. The van der Waals surface area contributed by atoms with Gasteiger partial charge in [0.1, 0.15) is 0 Å². The van der Waals surface area contributed by atoms with E-state index in [1.54, 1.807) is 13.1 Å². The van der Waals surface area contributed by atoms with Gasteiger partial charge in [-0.1, -0.05) is 46.3 Å². The van der Waals surface area contributed by atoms with Gasteiger partial charge in [-0.2, -0.15) is 13.2 Å². The highest BCUT2D eigenvalue weighted by molar-refractivity contribution is 9.10. The van der Waals surface area contributed by atoms with Crippen LogP contribution in [0.5, 0.6) is 0 Å². The van der Waals surface area contributed by atoms with Crippen LogP contribution in [0, 0.1) is 0 Å². The van der Waals surface area contributed by atoms with Gasteiger partial charge in [-0.15, -0.1) is 0 Å². The van der Waals surface area contributed by atoms with E-state index in [4.69, 9.17) is 0 Å². The quantitative estimate of drug-likeness (QED) is 0.814. The summed E-state index contributed by atoms with van der Waals surface area (Å²) in [6.07, 6.45) is -3.80. The van der Waals surface area contributed by atoms with Crippen LogP contribution in [0.25, 0.3) is 0 Å². The molecule has 0 aliphatic heterocycles. The molecule has 0 aromatic heterocycles. The van der Waals surface area contributed by atoms with Crippen molar-refractivity contribution in [2.24, 2.45) is 0 Å². The van der Waals surface area contributed by atoms with Gasteiger partial charge in [0, 0.05) is 10.5 Å². The molecule has 0 radical (unpaired) electrons. The van der Waals surface area contributed by atoms with Crippen LogP contribution in [0.4, 0.5) is 13.2 Å². The SMILES string of the molecule is CNC(Cc1cccc(C(F)(F)F)c1)c1ccc(Br)cc1. The smallest absolute Gasteiger partial charge is 0.313 e. The van der Waals surface area contributed by atoms with E-state index < -0.39 is 11.7 Å². The highest BCUT2D eigenvalue weighted by Gasteiger charge is 2.30. The summed E-state index contributed by atoms with van der Waals surface area (Å²) in [7, 11) is 1.81. The lowest BCUT2D eigenvalue weighted by Crippen LogP contribution is -2.19. The van der Waals surface area contributed by atoms with Crippen LogP contribution >= 0.6 is 15.9 Å². The van der Waals surface area contributed by atoms with E-state index >= 15 is 0 Å². The van der Waals surface area contributed by atoms with E-state index in [9.17, 15) is 13.2 Å². The number of alkyl halides is 3. The van der Waals surface area contributed by atoms with E-state index in [0.717, 1.165) is 16.1 Å². The Morgan fingerprint density at radius 2 is 1.76 bits per heavy atom. The number of halogens is 4. The monoisotopic (exact) mass is 357 g/mol. The predicted molar refractivity (Wildman–Crippen MR) is 81.1 cm³/mol. The number of hydrogen-bond acceptors (Lipinski definition) is 1. The van der Waals surface area contributed by atoms with Gasteiger partial charge < -0.3 is 5.32 Å². The van der Waals surface area contributed by atoms with Crippen molar-refractivity contribution in [2.75, 3.05) is 7.05 Å². The first-order chi connectivity index (χ1) is 9.90. The summed E-state index contributed by atoms with van der Waals surface area (Å²) < 4.78 is 39.2. The van der Waals surface area contributed by atoms with E-state index in [0.29, 0.717) is 12.0 Å². The summed E-state index contributed by atoms with van der Waals surface area (Å²) in [5, 5.41) is 3.15. The third kappa shape index (κ3) is 4.32. The van der Waals surface area contributed by atoms with Crippen LogP contribution in [-0.2, 0) is 12.6 Å². The lowest BCUT2D eigenvalue weighted by atomic mass is 9.98. The largest absolute Gasteiger partial charge is 0.416 e. The molecule has 0 amide bonds. The molecule has 112 valence electrons. The molecule has 1 unspecified atom stereocenters. The lowest BCUT2D eigenvalue weighted by molar-refractivity contribution is -0.137. The Hall–Kier alpha value is -1.33. The minimum absolute atomic E-state index is 0.0263. The molecule has 0 saturated carbocycles. The molecular weight excluding hydrogens is 343 g/mol. The third-order valence-corrected chi connectivity index (χ3v) is 3.84. The van der Waals surface area contributed by atoms with E-state index in [1.165, 1.54) is 12.1 Å². The minimum Gasteiger partial charge on any atom is -0.313 e. The zero-order valence-corrected chi connectivity index (χ0v) is 13.0. The fourth-order valence-corrected chi connectivity index (χ4v) is 2.46. The highest BCUT2D eigenvalue weighted by Crippen LogP contribution is 2.30. The molecule has 21 heavy (non-hydrogen) atoms. The van der Waals surface area contributed by atoms with Crippen molar-refractivity contribution in [3.05, 3.63) is 69.7 Å². The molecule has 0 saturated heterocycles. The van der Waals surface area contributed by atoms with Crippen molar-refractivity contribution in [3.63, 3.8) is 0 Å². The van der Waals surface area contributed by atoms with Gasteiger partial charge in [-0.3, -0.25) is 0 Å². The molecule has 1 atom stereocenters. The van der Waals surface area contributed by atoms with Crippen LogP contribution in [0.3, 0.4) is 0 Å². The van der Waals surface area contributed by atoms with Crippen LogP contribution in [-0.4, -0.2) is 7.05 Å². The van der Waals surface area contributed by atoms with Gasteiger partial charge in [-0.05, 0) is 42.8 Å². The standard InChI is InChI=1S/C16H15BrF3N/c1-21-15(12-5-7-14(17)8-6-12)10-11-3-2-4-13(9-11)16(18,19)20/h2-9,15,21H,10H2,1H3. The van der Waals surface area contributed by atoms with Crippen LogP contribution in [0.2, 0.25) is 0 Å². The summed E-state index contributed by atoms with van der Waals surface area (Å²) in [6, 6.07) is 13.2. The Bertz CT molecular complexity index is 593. The van der Waals surface area contributed by atoms with Crippen molar-refractivity contribution in [3.8, 4) is 0 Å². The van der Waals surface area contributed by atoms with Crippen LogP contribution < -0.4 is 5.32 Å². The van der Waals surface area contributed by atoms with Crippen molar-refractivity contribution in [2.45, 2.75) is 18.6 Å². The zero-order valence-electron chi connectivity index (χ0n) is 11.4. The molecule has 0 aliphatic carbocycles. The Morgan fingerprint density at radius 3 is 2.33 bits per heavy atom. The average Bonchev–Trinajstić information content (AvgIpc) is 2.45. The molecule has 2 rings (SSSR count). The van der Waals surface area contributed by atoms with Gasteiger partial charge in [0.25, 0.3) is 0 Å². The summed E-state index contributed by atoms with van der Waals surface area (Å²) in [5.41, 5.74) is 1.09. The first kappa shape index (κ1) is 16.0. The first-order valence-corrected chi connectivity index (χ1v) is 7.28. The minimum atomic E-state index is -4.30. The highest BCUT2D eigenvalue weighted by atomic mass is 79.9. The molecule has 0 spiro atoms. The summed E-state index contributed by atoms with van der Waals surface area (Å²) in [4.78, 5) is 0. The second-order valence-corrected chi connectivity index (χ2v) is 5.71. The van der Waals surface area contributed by atoms with Crippen LogP contribution in [0.15, 0.2) is 53.0 Å². The average molecular weight is 358 g/mol. The van der Waals surface area contributed by atoms with Crippen LogP contribution in [0.1, 0.15) is 22.7 Å². The third-order valence-electron chi connectivity index (χ3n) is 3.31. The second-order valence-electron chi connectivity index (χ2n) is 4.80. The zero-order chi connectivity index (χ0) is 15.5. The van der Waals surface area contributed by atoms with Gasteiger partial charge in [-0.25, -0.2) is 0 Å². The Kier molecular flexibility index (Phi) is 5.06. The molecule has 0 fully saturated rings. The number of hydrogen-bond donors (Lipinski definition) is 1. The Balaban J connectivity index is 2.21. The number of rotatable bonds is 4. The lowest BCUT2D eigenvalue weighted by Gasteiger charge is -2.18.